The van der Waals surface area contributed by atoms with Crippen LogP contribution in [0.15, 0.2) is 364 Å². The Morgan fingerprint density at radius 3 is 1.21 bits per heavy atom. The molecule has 5 amide bonds. The van der Waals surface area contributed by atoms with Gasteiger partial charge in [0.05, 0.1) is 99.4 Å². The van der Waals surface area contributed by atoms with Gasteiger partial charge in [0.1, 0.15) is 19.1 Å². The molecule has 4 aromatic heterocycles. The van der Waals surface area contributed by atoms with Crippen molar-refractivity contribution in [2.75, 3.05) is 151 Å². The van der Waals surface area contributed by atoms with Crippen LogP contribution in [0.25, 0.3) is 0 Å². The second-order valence-corrected chi connectivity index (χ2v) is 29.7. The molecule has 4 heterocycles. The number of esters is 4. The van der Waals surface area contributed by atoms with Crippen LogP contribution in [0.3, 0.4) is 0 Å². The van der Waals surface area contributed by atoms with Gasteiger partial charge in [0.15, 0.2) is 5.16 Å². The predicted molar refractivity (Wildman–Crippen MR) is 572 cm³/mol. The van der Waals surface area contributed by atoms with Gasteiger partial charge in [-0.3, -0.25) is 38.7 Å². The summed E-state index contributed by atoms with van der Waals surface area (Å²) < 4.78 is 50.6. The number of nitrogens with one attached hydrogen (secondary N) is 5. The smallest absolute Gasteiger partial charge is 0.407 e. The zero-order chi connectivity index (χ0) is 107. The van der Waals surface area contributed by atoms with Crippen LogP contribution in [-0.4, -0.2) is 230 Å². The summed E-state index contributed by atoms with van der Waals surface area (Å²) in [6, 6.07) is 92.8. The van der Waals surface area contributed by atoms with E-state index in [0.29, 0.717) is 64.5 Å². The molecule has 8 aromatic carbocycles. The minimum absolute atomic E-state index is 0.0411. The number of carbonyl (C=O) groups excluding carboxylic acids is 9. The van der Waals surface area contributed by atoms with E-state index in [-0.39, 0.29) is 42.1 Å². The lowest BCUT2D eigenvalue weighted by Gasteiger charge is -2.10. The molecular weight excluding hydrogens is 1870 g/mol. The van der Waals surface area contributed by atoms with Crippen LogP contribution in [0.5, 0.6) is 5.75 Å². The van der Waals surface area contributed by atoms with Crippen molar-refractivity contribution in [3.63, 3.8) is 0 Å². The first kappa shape index (κ1) is 133. The van der Waals surface area contributed by atoms with E-state index in [2.05, 4.69) is 158 Å². The van der Waals surface area contributed by atoms with Gasteiger partial charge in [-0.05, 0) is 138 Å². The maximum Gasteiger partial charge on any atom is 0.407 e. The molecule has 34 heteroatoms. The van der Waals surface area contributed by atoms with Crippen LogP contribution in [0, 0.1) is 0 Å². The highest BCUT2D eigenvalue weighted by Crippen LogP contribution is 2.14. The lowest BCUT2D eigenvalue weighted by atomic mass is 10.1. The van der Waals surface area contributed by atoms with E-state index >= 15 is 0 Å². The van der Waals surface area contributed by atoms with E-state index in [4.69, 9.17) is 18.9 Å². The van der Waals surface area contributed by atoms with Crippen molar-refractivity contribution in [3.8, 4) is 5.75 Å². The van der Waals surface area contributed by atoms with Crippen molar-refractivity contribution in [1.82, 2.24) is 56.4 Å². The van der Waals surface area contributed by atoms with Crippen molar-refractivity contribution in [2.45, 2.75) is 69.1 Å². The van der Waals surface area contributed by atoms with Crippen LogP contribution in [-0.2, 0) is 123 Å². The Bertz CT molecular complexity index is 4930. The van der Waals surface area contributed by atoms with Crippen LogP contribution in [0.4, 0.5) is 20.1 Å². The highest BCUT2D eigenvalue weighted by atomic mass is 32.2. The molecule has 5 N–H and O–H groups in total. The SMILES string of the molecule is C=CCNC(=O)OC.C=CCOC.CN(C)Cc1ccccc1.CN(C)c1ccccc1.CNC(=O)Cc1ccccc1.CNC(=O)OCc1ccccc1.CNC(=O)c1ccccc1.COC(=O)Cc1ccc(OC)cc1.COC(=O)Cc1ccccn1.COC(=O)Cc1cccnc1.COC(=O)NCc1ccccc1.COC(C)=O.COCOCc1ccccc1.CSc1ccccn1.CSc1ncccn1. The molecule has 12 rings (SSSR count). The van der Waals surface area contributed by atoms with E-state index in [1.807, 2.05) is 245 Å². The minimum atomic E-state index is -0.426. The predicted octanol–water partition coefficient (Wildman–Crippen LogP) is 17.9. The zero-order valence-corrected chi connectivity index (χ0v) is 87.8. The van der Waals surface area contributed by atoms with E-state index in [0.717, 1.165) is 56.0 Å². The Balaban J connectivity index is -0.00000149. The molecule has 0 saturated heterocycles. The van der Waals surface area contributed by atoms with E-state index < -0.39 is 18.3 Å². The number of amides is 5. The standard InChI is InChI=1S/C10H12O3.2C9H11NO2.C9H11NO.C9H13N.C9H12O2.2C8H9NO2.C8H9NO.C8H11N.C6H7NS.C5H6N2S.C5H9NO2.C4H8O.C3H6O2/c1-12-9-5-3-8(4-6-9)7-10(11)13-2;1-12-9(11)10-7-8-5-3-2-4-6-8;1-10-9(11)12-7-8-5-3-2-4-6-8;1-10-9(11)7-8-5-3-2-4-6-8;1-10(2)8-9-6-4-3-5-7-9;1-10-8-11-7-9-5-3-2-4-6-9;1-11-8(10)5-7-3-2-4-9-6-7;1-11-8(10)6-7-4-2-3-5-9-7;1-9-8(10)7-5-3-2-4-6-7;1-9(2)8-6-4-3-5-7-8;1-8-6-4-2-3-5-7-6;1-8-5-6-3-2-4-7-5;1-3-4-6-5(7)8-2;1-3-4-5-2;1-3(4)5-2/h3-6H,7H2,1-2H3;2*2-6H,7H2,1H3,(H,10,11);2-6H,7H2,1H3,(H,10,11);3-7H,8H2,1-2H3;2-6H,7-8H2,1H3;2-4,6H,5H2,1H3;2-5H,6H2,1H3;2-6H,1H3,(H,9,10);3-7H,1-2H3;2-5H,1H3;2-4H,1H3;3H,1,4H2,2H3,(H,6,7);3H,1,4H2,2H3;1-2H3. The number of hydrogen-bond donors (Lipinski definition) is 5. The molecule has 0 aliphatic heterocycles. The first-order valence-corrected chi connectivity index (χ1v) is 46.8. The Kier molecular flexibility index (Phi) is 87.6. The van der Waals surface area contributed by atoms with Gasteiger partial charge in [-0.2, -0.15) is 0 Å². The summed E-state index contributed by atoms with van der Waals surface area (Å²) in [6.45, 7) is 12.1. The van der Waals surface area contributed by atoms with E-state index in [1.54, 1.807) is 145 Å². The number of hydrogen-bond acceptors (Lipinski definition) is 29. The van der Waals surface area contributed by atoms with Gasteiger partial charge < -0.3 is 88.5 Å². The van der Waals surface area contributed by atoms with Crippen molar-refractivity contribution < 1.29 is 95.3 Å². The first-order valence-electron chi connectivity index (χ1n) is 44.4. The van der Waals surface area contributed by atoms with Gasteiger partial charge in [0.25, 0.3) is 5.91 Å². The largest absolute Gasteiger partial charge is 0.497 e. The third kappa shape index (κ3) is 82.4. The maximum absolute atomic E-state index is 10.9. The normalized spacial score (nSPS) is 9.06. The van der Waals surface area contributed by atoms with Crippen LogP contribution >= 0.6 is 23.5 Å². The highest BCUT2D eigenvalue weighted by Gasteiger charge is 2.07. The Hall–Kier alpha value is -15.5. The Morgan fingerprint density at radius 1 is 0.389 bits per heavy atom. The number of para-hydroxylation sites is 1. The van der Waals surface area contributed by atoms with Crippen molar-refractivity contribution in [3.05, 3.63) is 404 Å². The fourth-order valence-corrected chi connectivity index (χ4v) is 10.1. The first-order chi connectivity index (χ1) is 69.6. The van der Waals surface area contributed by atoms with Gasteiger partial charge in [-0.15, -0.1) is 24.9 Å². The van der Waals surface area contributed by atoms with E-state index in [1.165, 1.54) is 73.4 Å². The number of nitrogens with zero attached hydrogens (tertiary/aromatic N) is 7. The lowest BCUT2D eigenvalue weighted by Crippen LogP contribution is -2.22. The summed E-state index contributed by atoms with van der Waals surface area (Å²) in [7, 11) is 26.0. The fraction of sp³-hybridized carbons (Fsp3) is 0.273. The van der Waals surface area contributed by atoms with E-state index in [9.17, 15) is 43.2 Å². The number of anilines is 1. The maximum atomic E-state index is 10.9. The van der Waals surface area contributed by atoms with Crippen LogP contribution < -0.4 is 36.2 Å². The second-order valence-electron chi connectivity index (χ2n) is 28.1. The molecule has 0 atom stereocenters. The summed E-state index contributed by atoms with van der Waals surface area (Å²) in [6.07, 6.45) is 17.6. The molecule has 776 valence electrons. The number of alkyl carbamates (subject to hydrolysis) is 3. The Labute approximate surface area is 859 Å². The second kappa shape index (κ2) is 95.1. The molecule has 0 aliphatic carbocycles. The zero-order valence-electron chi connectivity index (χ0n) is 86.1. The molecule has 0 aliphatic rings. The summed E-state index contributed by atoms with van der Waals surface area (Å²) >= 11 is 3.20. The summed E-state index contributed by atoms with van der Waals surface area (Å²) in [4.78, 5) is 119. The Morgan fingerprint density at radius 2 is 0.833 bits per heavy atom. The number of rotatable bonds is 27. The van der Waals surface area contributed by atoms with Gasteiger partial charge in [-0.1, -0.05) is 242 Å². The molecule has 12 aromatic rings. The number of ether oxygens (including phenoxy) is 11. The molecule has 0 spiro atoms. The third-order valence-electron chi connectivity index (χ3n) is 16.6. The monoisotopic (exact) mass is 2020 g/mol. The van der Waals surface area contributed by atoms with Crippen molar-refractivity contribution in [2.24, 2.45) is 0 Å². The molecular formula is C110H144N12O20S2. The number of carbonyl (C=O) groups is 9. The topological polar surface area (TPSA) is 386 Å². The number of thioether (sulfide) groups is 2. The van der Waals surface area contributed by atoms with Crippen LogP contribution in [0.2, 0.25) is 0 Å². The molecule has 0 saturated carbocycles. The third-order valence-corrected chi connectivity index (χ3v) is 17.8. The molecule has 144 heavy (non-hydrogen) atoms. The highest BCUT2D eigenvalue weighted by molar-refractivity contribution is 7.98. The lowest BCUT2D eigenvalue weighted by molar-refractivity contribution is -0.140. The molecule has 32 nitrogen and oxygen atoms in total. The molecule has 0 radical (unpaired) electrons. The molecule has 0 fully saturated rings. The number of benzene rings is 8. The van der Waals surface area contributed by atoms with Gasteiger partial charge in [0.2, 0.25) is 5.91 Å². The molecule has 0 bridgehead atoms. The van der Waals surface area contributed by atoms with Gasteiger partial charge in [-0.25, -0.2) is 29.3 Å². The number of aromatic nitrogens is 5. The van der Waals surface area contributed by atoms with Gasteiger partial charge in [0, 0.05) is 124 Å². The number of methoxy groups -OCH3 is 9. The summed E-state index contributed by atoms with van der Waals surface area (Å²) in [5.41, 5.74) is 10.1. The van der Waals surface area contributed by atoms with Crippen molar-refractivity contribution >= 4 is 83.2 Å². The summed E-state index contributed by atoms with van der Waals surface area (Å²) in [5.74, 6) is -0.178. The van der Waals surface area contributed by atoms with Crippen molar-refractivity contribution in [1.29, 1.82) is 0 Å². The molecule has 0 unspecified atom stereocenters. The number of pyridine rings is 3. The average molecular weight is 2020 g/mol. The van der Waals surface area contributed by atoms with Gasteiger partial charge >= 0.3 is 42.2 Å². The average Bonchev–Trinajstić information content (AvgIpc) is 0.890. The minimum Gasteiger partial charge on any atom is -0.497 e. The quantitative estimate of drug-likeness (QED) is 0.00607. The fourth-order valence-electron chi connectivity index (χ4n) is 9.38. The number of likely N-dealkylation sites (N-methyl/N-ethyl adjacent to an activating group) is 1. The summed E-state index contributed by atoms with van der Waals surface area (Å²) in [5, 5.41) is 14.4. The van der Waals surface area contributed by atoms with Crippen LogP contribution in [0.1, 0.15) is 61.9 Å².